The highest BCUT2D eigenvalue weighted by Gasteiger charge is 2.13. The van der Waals surface area contributed by atoms with E-state index >= 15 is 0 Å². The van der Waals surface area contributed by atoms with E-state index in [9.17, 15) is 9.59 Å². The van der Waals surface area contributed by atoms with Crippen molar-refractivity contribution in [1.29, 1.82) is 0 Å². The lowest BCUT2D eigenvalue weighted by Crippen LogP contribution is -2.15. The van der Waals surface area contributed by atoms with Gasteiger partial charge in [-0.1, -0.05) is 18.2 Å². The fourth-order valence-electron chi connectivity index (χ4n) is 2.16. The molecule has 0 aliphatic carbocycles. The van der Waals surface area contributed by atoms with Gasteiger partial charge in [-0.3, -0.25) is 0 Å². The number of hydrogen-bond donors (Lipinski definition) is 1. The molecule has 6 heteroatoms. The number of rotatable bonds is 7. The van der Waals surface area contributed by atoms with Crippen molar-refractivity contribution < 1.29 is 19.1 Å². The van der Waals surface area contributed by atoms with Gasteiger partial charge in [0.1, 0.15) is 5.70 Å². The van der Waals surface area contributed by atoms with Crippen LogP contribution in [0.25, 0.3) is 6.08 Å². The monoisotopic (exact) mass is 465 g/mol. The Bertz CT molecular complexity index is 800. The Balaban J connectivity index is 2.26. The second kappa shape index (κ2) is 9.96. The summed E-state index contributed by atoms with van der Waals surface area (Å²) in [6.45, 7) is 4.13. The predicted molar refractivity (Wildman–Crippen MR) is 110 cm³/mol. The molecule has 2 aromatic carbocycles. The molecule has 0 fully saturated rings. The zero-order valence-corrected chi connectivity index (χ0v) is 16.8. The zero-order chi connectivity index (χ0) is 18.9. The van der Waals surface area contributed by atoms with Crippen molar-refractivity contribution in [1.82, 2.24) is 0 Å². The number of esters is 2. The number of ether oxygens (including phenoxy) is 2. The van der Waals surface area contributed by atoms with E-state index in [1.807, 2.05) is 24.3 Å². The first-order valence-corrected chi connectivity index (χ1v) is 9.30. The minimum absolute atomic E-state index is 0.283. The molecular formula is C20H20INO4. The van der Waals surface area contributed by atoms with Crippen LogP contribution in [0.15, 0.2) is 54.2 Å². The Kier molecular flexibility index (Phi) is 7.65. The summed E-state index contributed by atoms with van der Waals surface area (Å²) in [6, 6.07) is 14.5. The van der Waals surface area contributed by atoms with E-state index < -0.39 is 5.97 Å². The molecule has 0 aliphatic heterocycles. The van der Waals surface area contributed by atoms with Gasteiger partial charge in [0.2, 0.25) is 0 Å². The molecule has 1 N–H and O–H groups in total. The van der Waals surface area contributed by atoms with E-state index in [-0.39, 0.29) is 12.6 Å². The smallest absolute Gasteiger partial charge is 0.354 e. The van der Waals surface area contributed by atoms with Crippen molar-refractivity contribution >= 4 is 46.3 Å². The Morgan fingerprint density at radius 1 is 1.00 bits per heavy atom. The maximum absolute atomic E-state index is 12.3. The van der Waals surface area contributed by atoms with Crippen molar-refractivity contribution in [3.8, 4) is 0 Å². The third kappa shape index (κ3) is 5.59. The maximum Gasteiger partial charge on any atom is 0.354 e. The standard InChI is InChI=1S/C20H20INO4/c1-3-25-19(23)14-9-11-16(12-10-14)22-18(20(24)26-4-2)13-15-7-5-6-8-17(15)21/h5-13,22H,3-4H2,1-2H3/b18-13-. The van der Waals surface area contributed by atoms with Gasteiger partial charge in [-0.15, -0.1) is 0 Å². The number of carbonyl (C=O) groups is 2. The van der Waals surface area contributed by atoms with E-state index in [1.165, 1.54) is 0 Å². The van der Waals surface area contributed by atoms with Crippen LogP contribution in [0.4, 0.5) is 5.69 Å². The topological polar surface area (TPSA) is 64.6 Å². The quantitative estimate of drug-likeness (QED) is 0.371. The number of nitrogens with one attached hydrogen (secondary N) is 1. The van der Waals surface area contributed by atoms with Gasteiger partial charge in [-0.2, -0.15) is 0 Å². The second-order valence-electron chi connectivity index (χ2n) is 5.22. The molecule has 0 spiro atoms. The summed E-state index contributed by atoms with van der Waals surface area (Å²) in [5, 5.41) is 3.07. The van der Waals surface area contributed by atoms with Crippen LogP contribution in [0.1, 0.15) is 29.8 Å². The van der Waals surface area contributed by atoms with E-state index in [0.29, 0.717) is 23.6 Å². The van der Waals surface area contributed by atoms with Crippen molar-refractivity contribution in [2.45, 2.75) is 13.8 Å². The highest BCUT2D eigenvalue weighted by molar-refractivity contribution is 14.1. The zero-order valence-electron chi connectivity index (χ0n) is 14.6. The summed E-state index contributed by atoms with van der Waals surface area (Å²) in [6.07, 6.45) is 1.75. The van der Waals surface area contributed by atoms with Crippen LogP contribution in [0.5, 0.6) is 0 Å². The Morgan fingerprint density at radius 3 is 2.27 bits per heavy atom. The van der Waals surface area contributed by atoms with Gasteiger partial charge >= 0.3 is 11.9 Å². The van der Waals surface area contributed by atoms with Crippen LogP contribution >= 0.6 is 22.6 Å². The molecule has 0 saturated heterocycles. The fraction of sp³-hybridized carbons (Fsp3) is 0.200. The molecule has 136 valence electrons. The van der Waals surface area contributed by atoms with E-state index in [1.54, 1.807) is 44.2 Å². The minimum atomic E-state index is -0.443. The Labute approximate surface area is 166 Å². The summed E-state index contributed by atoms with van der Waals surface area (Å²) >= 11 is 2.21. The van der Waals surface area contributed by atoms with E-state index in [4.69, 9.17) is 9.47 Å². The van der Waals surface area contributed by atoms with Gasteiger partial charge < -0.3 is 14.8 Å². The first-order valence-electron chi connectivity index (χ1n) is 8.22. The highest BCUT2D eigenvalue weighted by atomic mass is 127. The Morgan fingerprint density at radius 2 is 1.65 bits per heavy atom. The van der Waals surface area contributed by atoms with Crippen LogP contribution in [0, 0.1) is 3.57 Å². The molecule has 0 saturated carbocycles. The van der Waals surface area contributed by atoms with Gasteiger partial charge in [0.05, 0.1) is 18.8 Å². The number of hydrogen-bond acceptors (Lipinski definition) is 5. The minimum Gasteiger partial charge on any atom is -0.462 e. The van der Waals surface area contributed by atoms with Crippen LogP contribution in [0.2, 0.25) is 0 Å². The van der Waals surface area contributed by atoms with Gasteiger partial charge in [-0.05, 0) is 78.4 Å². The van der Waals surface area contributed by atoms with Crippen LogP contribution < -0.4 is 5.32 Å². The fourth-order valence-corrected chi connectivity index (χ4v) is 2.71. The average molecular weight is 465 g/mol. The molecule has 0 atom stereocenters. The van der Waals surface area contributed by atoms with Crippen LogP contribution in [0.3, 0.4) is 0 Å². The maximum atomic E-state index is 12.3. The van der Waals surface area contributed by atoms with Gasteiger partial charge in [0.15, 0.2) is 0 Å². The van der Waals surface area contributed by atoms with Crippen molar-refractivity contribution in [2.75, 3.05) is 18.5 Å². The largest absolute Gasteiger partial charge is 0.462 e. The van der Waals surface area contributed by atoms with Gasteiger partial charge in [0.25, 0.3) is 0 Å². The molecule has 26 heavy (non-hydrogen) atoms. The lowest BCUT2D eigenvalue weighted by Gasteiger charge is -2.11. The van der Waals surface area contributed by atoms with Crippen molar-refractivity contribution in [3.63, 3.8) is 0 Å². The molecular weight excluding hydrogens is 445 g/mol. The third-order valence-electron chi connectivity index (χ3n) is 3.38. The number of halogens is 1. The van der Waals surface area contributed by atoms with Crippen molar-refractivity contribution in [2.24, 2.45) is 0 Å². The molecule has 0 aromatic heterocycles. The second-order valence-corrected chi connectivity index (χ2v) is 6.39. The average Bonchev–Trinajstić information content (AvgIpc) is 2.64. The van der Waals surface area contributed by atoms with Crippen LogP contribution in [-0.2, 0) is 14.3 Å². The lowest BCUT2D eigenvalue weighted by atomic mass is 10.1. The molecule has 0 aliphatic rings. The summed E-state index contributed by atoms with van der Waals surface area (Å²) in [5.74, 6) is -0.819. The molecule has 0 heterocycles. The molecule has 2 aromatic rings. The highest BCUT2D eigenvalue weighted by Crippen LogP contribution is 2.19. The predicted octanol–water partition coefficient (Wildman–Crippen LogP) is 4.48. The molecule has 0 unspecified atom stereocenters. The SMILES string of the molecule is CCOC(=O)/C(=C/c1ccccc1I)Nc1ccc(C(=O)OCC)cc1. The number of benzene rings is 2. The number of carbonyl (C=O) groups excluding carboxylic acids is 2. The van der Waals surface area contributed by atoms with E-state index in [0.717, 1.165) is 9.13 Å². The summed E-state index contributed by atoms with van der Waals surface area (Å²) in [4.78, 5) is 24.0. The van der Waals surface area contributed by atoms with E-state index in [2.05, 4.69) is 27.9 Å². The normalized spacial score (nSPS) is 11.0. The molecule has 0 radical (unpaired) electrons. The van der Waals surface area contributed by atoms with Crippen LogP contribution in [-0.4, -0.2) is 25.2 Å². The molecule has 0 amide bonds. The summed E-state index contributed by atoms with van der Waals surface area (Å²) < 4.78 is 11.1. The molecule has 2 rings (SSSR count). The Hall–Kier alpha value is -2.35. The lowest BCUT2D eigenvalue weighted by molar-refractivity contribution is -0.138. The summed E-state index contributed by atoms with van der Waals surface area (Å²) in [5.41, 5.74) is 2.35. The summed E-state index contributed by atoms with van der Waals surface area (Å²) in [7, 11) is 0. The van der Waals surface area contributed by atoms with Crippen molar-refractivity contribution in [3.05, 3.63) is 68.9 Å². The van der Waals surface area contributed by atoms with Gasteiger partial charge in [0, 0.05) is 9.26 Å². The molecule has 0 bridgehead atoms. The first kappa shape index (κ1) is 20.0. The third-order valence-corrected chi connectivity index (χ3v) is 4.36. The molecule has 5 nitrogen and oxygen atoms in total. The number of anilines is 1. The first-order chi connectivity index (χ1) is 12.5. The van der Waals surface area contributed by atoms with Gasteiger partial charge in [-0.25, -0.2) is 9.59 Å².